The van der Waals surface area contributed by atoms with Crippen LogP contribution in [-0.4, -0.2) is 29.8 Å². The minimum atomic E-state index is -0.0643. The fourth-order valence-corrected chi connectivity index (χ4v) is 2.80. The van der Waals surface area contributed by atoms with Gasteiger partial charge in [-0.3, -0.25) is 9.69 Å². The third kappa shape index (κ3) is 2.41. The van der Waals surface area contributed by atoms with E-state index in [1.54, 1.807) is 0 Å². The van der Waals surface area contributed by atoms with Gasteiger partial charge in [-0.2, -0.15) is 0 Å². The fourth-order valence-electron chi connectivity index (χ4n) is 2.80. The normalized spacial score (nSPS) is 29.3. The maximum Gasteiger partial charge on any atom is 0.152 e. The lowest BCUT2D eigenvalue weighted by Gasteiger charge is -2.41. The molecule has 0 unspecified atom stereocenters. The molecule has 2 fully saturated rings. The molecule has 1 saturated heterocycles. The number of likely N-dealkylation sites (tertiary alicyclic amines) is 1. The van der Waals surface area contributed by atoms with Crippen LogP contribution < -0.4 is 0 Å². The summed E-state index contributed by atoms with van der Waals surface area (Å²) in [4.78, 5) is 14.4. The van der Waals surface area contributed by atoms with Crippen molar-refractivity contribution in [3.8, 4) is 0 Å². The van der Waals surface area contributed by atoms with E-state index in [0.717, 1.165) is 13.0 Å². The van der Waals surface area contributed by atoms with Crippen molar-refractivity contribution in [3.05, 3.63) is 0 Å². The maximum atomic E-state index is 11.9. The van der Waals surface area contributed by atoms with E-state index in [4.69, 9.17) is 0 Å². The zero-order valence-electron chi connectivity index (χ0n) is 10.1. The van der Waals surface area contributed by atoms with Crippen LogP contribution in [0.4, 0.5) is 0 Å². The van der Waals surface area contributed by atoms with Crippen LogP contribution in [0.15, 0.2) is 0 Å². The number of nitrogens with zero attached hydrogens (tertiary/aromatic N) is 1. The largest absolute Gasteiger partial charge is 0.298 e. The predicted octanol–water partition coefficient (Wildman–Crippen LogP) is 2.62. The highest BCUT2D eigenvalue weighted by atomic mass is 16.1. The lowest BCUT2D eigenvalue weighted by atomic mass is 9.80. The number of ketones is 1. The Kier molecular flexibility index (Phi) is 3.15. The van der Waals surface area contributed by atoms with Crippen molar-refractivity contribution < 1.29 is 4.79 Å². The molecule has 2 heteroatoms. The van der Waals surface area contributed by atoms with Crippen molar-refractivity contribution in [2.24, 2.45) is 5.41 Å². The van der Waals surface area contributed by atoms with Crippen LogP contribution in [0.1, 0.15) is 52.4 Å². The van der Waals surface area contributed by atoms with Gasteiger partial charge >= 0.3 is 0 Å². The molecular weight excluding hydrogens is 186 g/mol. The molecule has 0 aromatic carbocycles. The van der Waals surface area contributed by atoms with Gasteiger partial charge in [0.15, 0.2) is 5.78 Å². The van der Waals surface area contributed by atoms with Gasteiger partial charge in [-0.1, -0.05) is 33.1 Å². The molecule has 1 saturated carbocycles. The summed E-state index contributed by atoms with van der Waals surface area (Å²) in [5.41, 5.74) is -0.0643. The molecule has 0 atom stereocenters. The first-order chi connectivity index (χ1) is 7.09. The van der Waals surface area contributed by atoms with Crippen LogP contribution in [0.3, 0.4) is 0 Å². The molecule has 1 aliphatic heterocycles. The van der Waals surface area contributed by atoms with E-state index in [2.05, 4.69) is 18.7 Å². The quantitative estimate of drug-likeness (QED) is 0.661. The predicted molar refractivity (Wildman–Crippen MR) is 61.9 cm³/mol. The van der Waals surface area contributed by atoms with Gasteiger partial charge in [0, 0.05) is 11.5 Å². The Balaban J connectivity index is 1.93. The van der Waals surface area contributed by atoms with E-state index in [1.807, 2.05) is 0 Å². The molecule has 0 amide bonds. The Hall–Kier alpha value is -0.370. The number of rotatable bonds is 1. The molecule has 0 spiro atoms. The van der Waals surface area contributed by atoms with Crippen molar-refractivity contribution in [3.63, 3.8) is 0 Å². The minimum absolute atomic E-state index is 0.0643. The Morgan fingerprint density at radius 1 is 1.20 bits per heavy atom. The highest BCUT2D eigenvalue weighted by molar-refractivity contribution is 5.86. The van der Waals surface area contributed by atoms with Gasteiger partial charge in [0.25, 0.3) is 0 Å². The topological polar surface area (TPSA) is 20.3 Å². The third-order valence-electron chi connectivity index (χ3n) is 4.22. The summed E-state index contributed by atoms with van der Waals surface area (Å²) >= 11 is 0. The third-order valence-corrected chi connectivity index (χ3v) is 4.22. The van der Waals surface area contributed by atoms with E-state index < -0.39 is 0 Å². The molecule has 1 heterocycles. The second-order valence-electron chi connectivity index (χ2n) is 5.82. The molecule has 15 heavy (non-hydrogen) atoms. The first-order valence-electron chi connectivity index (χ1n) is 6.37. The monoisotopic (exact) mass is 209 g/mol. The van der Waals surface area contributed by atoms with Gasteiger partial charge < -0.3 is 0 Å². The second kappa shape index (κ2) is 4.25. The SMILES string of the molecule is CC1(C)CCN(C2CCCCC2)CC1=O. The summed E-state index contributed by atoms with van der Waals surface area (Å²) in [6.45, 7) is 6.02. The van der Waals surface area contributed by atoms with Crippen LogP contribution in [0.5, 0.6) is 0 Å². The van der Waals surface area contributed by atoms with Crippen molar-refractivity contribution in [2.75, 3.05) is 13.1 Å². The van der Waals surface area contributed by atoms with Crippen LogP contribution in [0, 0.1) is 5.41 Å². The van der Waals surface area contributed by atoms with Gasteiger partial charge in [0.2, 0.25) is 0 Å². The number of Topliss-reactive ketones (excluding diaryl/α,β-unsaturated/α-hetero) is 1. The Labute approximate surface area is 93.0 Å². The minimum Gasteiger partial charge on any atom is -0.298 e. The molecule has 2 aliphatic rings. The van der Waals surface area contributed by atoms with Crippen LogP contribution in [0.2, 0.25) is 0 Å². The molecule has 0 N–H and O–H groups in total. The van der Waals surface area contributed by atoms with Crippen LogP contribution in [-0.2, 0) is 4.79 Å². The Bertz CT molecular complexity index is 241. The lowest BCUT2D eigenvalue weighted by molar-refractivity contribution is -0.133. The summed E-state index contributed by atoms with van der Waals surface area (Å²) in [6, 6.07) is 0.707. The van der Waals surface area contributed by atoms with E-state index in [1.165, 1.54) is 32.1 Å². The average molecular weight is 209 g/mol. The van der Waals surface area contributed by atoms with Crippen molar-refractivity contribution >= 4 is 5.78 Å². The summed E-state index contributed by atoms with van der Waals surface area (Å²) in [7, 11) is 0. The molecule has 2 rings (SSSR count). The van der Waals surface area contributed by atoms with E-state index >= 15 is 0 Å². The highest BCUT2D eigenvalue weighted by Gasteiger charge is 2.36. The summed E-state index contributed by atoms with van der Waals surface area (Å²) in [5.74, 6) is 0.444. The van der Waals surface area contributed by atoms with Gasteiger partial charge in [-0.25, -0.2) is 0 Å². The molecule has 0 radical (unpaired) electrons. The van der Waals surface area contributed by atoms with Crippen LogP contribution in [0.25, 0.3) is 0 Å². The van der Waals surface area contributed by atoms with E-state index in [0.29, 0.717) is 18.4 Å². The average Bonchev–Trinajstić information content (AvgIpc) is 2.23. The molecule has 0 aromatic rings. The number of hydrogen-bond acceptors (Lipinski definition) is 2. The standard InChI is InChI=1S/C13H23NO/c1-13(2)8-9-14(10-12(13)15)11-6-4-3-5-7-11/h11H,3-10H2,1-2H3. The lowest BCUT2D eigenvalue weighted by Crippen LogP contribution is -2.49. The molecule has 0 bridgehead atoms. The van der Waals surface area contributed by atoms with Crippen molar-refractivity contribution in [1.82, 2.24) is 4.90 Å². The molecule has 1 aliphatic carbocycles. The fraction of sp³-hybridized carbons (Fsp3) is 0.923. The van der Waals surface area contributed by atoms with Crippen molar-refractivity contribution in [1.29, 1.82) is 0 Å². The number of carbonyl (C=O) groups excluding carboxylic acids is 1. The molecule has 0 aromatic heterocycles. The van der Waals surface area contributed by atoms with Crippen molar-refractivity contribution in [2.45, 2.75) is 58.4 Å². The van der Waals surface area contributed by atoms with E-state index in [9.17, 15) is 4.79 Å². The number of hydrogen-bond donors (Lipinski definition) is 0. The Morgan fingerprint density at radius 3 is 2.47 bits per heavy atom. The first-order valence-corrected chi connectivity index (χ1v) is 6.37. The summed E-state index contributed by atoms with van der Waals surface area (Å²) in [6.07, 6.45) is 7.78. The van der Waals surface area contributed by atoms with Gasteiger partial charge in [0.05, 0.1) is 6.54 Å². The molecule has 86 valence electrons. The zero-order valence-corrected chi connectivity index (χ0v) is 10.1. The van der Waals surface area contributed by atoms with Crippen LogP contribution >= 0.6 is 0 Å². The second-order valence-corrected chi connectivity index (χ2v) is 5.82. The maximum absolute atomic E-state index is 11.9. The highest BCUT2D eigenvalue weighted by Crippen LogP contribution is 2.31. The summed E-state index contributed by atoms with van der Waals surface area (Å²) < 4.78 is 0. The molecular formula is C13H23NO. The number of carbonyl (C=O) groups is 1. The first kappa shape index (κ1) is 11.1. The smallest absolute Gasteiger partial charge is 0.152 e. The Morgan fingerprint density at radius 2 is 1.87 bits per heavy atom. The van der Waals surface area contributed by atoms with Gasteiger partial charge in [-0.15, -0.1) is 0 Å². The number of piperidine rings is 1. The summed E-state index contributed by atoms with van der Waals surface area (Å²) in [5, 5.41) is 0. The zero-order chi connectivity index (χ0) is 10.9. The van der Waals surface area contributed by atoms with Gasteiger partial charge in [-0.05, 0) is 25.8 Å². The van der Waals surface area contributed by atoms with Gasteiger partial charge in [0.1, 0.15) is 0 Å². The molecule has 2 nitrogen and oxygen atoms in total. The van der Waals surface area contributed by atoms with E-state index in [-0.39, 0.29) is 5.41 Å².